The Balaban J connectivity index is 1.26. The molecule has 0 unspecified atom stereocenters. The molecule has 1 saturated heterocycles. The van der Waals surface area contributed by atoms with Crippen molar-refractivity contribution in [3.8, 4) is 17.0 Å². The zero-order valence-electron chi connectivity index (χ0n) is 20.4. The van der Waals surface area contributed by atoms with Crippen LogP contribution in [0.25, 0.3) is 22.2 Å². The number of aromatic nitrogens is 1. The van der Waals surface area contributed by atoms with Gasteiger partial charge in [-0.15, -0.1) is 0 Å². The fourth-order valence-electron chi connectivity index (χ4n) is 4.64. The first-order valence-corrected chi connectivity index (χ1v) is 12.3. The fraction of sp³-hybridized carbons (Fsp3) is 0.233. The van der Waals surface area contributed by atoms with Gasteiger partial charge in [0, 0.05) is 43.5 Å². The minimum Gasteiger partial charge on any atom is -0.497 e. The van der Waals surface area contributed by atoms with Crippen LogP contribution in [0.4, 0.5) is 0 Å². The summed E-state index contributed by atoms with van der Waals surface area (Å²) >= 11 is 0. The molecule has 2 heterocycles. The highest BCUT2D eigenvalue weighted by atomic mass is 16.5. The van der Waals surface area contributed by atoms with Crippen LogP contribution in [-0.4, -0.2) is 59.9 Å². The minimum absolute atomic E-state index is 0.0175. The highest BCUT2D eigenvalue weighted by molar-refractivity contribution is 6.07. The first kappa shape index (κ1) is 23.5. The molecule has 6 heteroatoms. The highest BCUT2D eigenvalue weighted by Crippen LogP contribution is 2.26. The number of amides is 2. The Hall–Kier alpha value is -4.19. The first-order valence-electron chi connectivity index (χ1n) is 12.3. The molecule has 0 N–H and O–H groups in total. The van der Waals surface area contributed by atoms with Crippen LogP contribution >= 0.6 is 0 Å². The number of nitrogens with zero attached hydrogens (tertiary/aromatic N) is 3. The summed E-state index contributed by atoms with van der Waals surface area (Å²) in [6.45, 7) is 2.12. The van der Waals surface area contributed by atoms with Gasteiger partial charge in [0.05, 0.1) is 23.9 Å². The van der Waals surface area contributed by atoms with Crippen LogP contribution in [0.1, 0.15) is 22.3 Å². The zero-order chi connectivity index (χ0) is 24.9. The van der Waals surface area contributed by atoms with Gasteiger partial charge in [-0.1, -0.05) is 60.7 Å². The smallest absolute Gasteiger partial charge is 0.254 e. The van der Waals surface area contributed by atoms with Crippen molar-refractivity contribution in [1.29, 1.82) is 0 Å². The van der Waals surface area contributed by atoms with E-state index in [0.717, 1.165) is 33.5 Å². The van der Waals surface area contributed by atoms with Crippen molar-refractivity contribution < 1.29 is 14.3 Å². The molecule has 1 aliphatic rings. The maximum atomic E-state index is 13.6. The van der Waals surface area contributed by atoms with Crippen LogP contribution in [0.15, 0.2) is 84.9 Å². The molecule has 182 valence electrons. The third-order valence-corrected chi connectivity index (χ3v) is 6.72. The predicted molar refractivity (Wildman–Crippen MR) is 141 cm³/mol. The summed E-state index contributed by atoms with van der Waals surface area (Å²) in [6, 6.07) is 27.4. The third kappa shape index (κ3) is 5.08. The molecule has 0 aliphatic carbocycles. The summed E-state index contributed by atoms with van der Waals surface area (Å²) in [5, 5.41) is 0.847. The summed E-state index contributed by atoms with van der Waals surface area (Å²) in [7, 11) is 1.64. The lowest BCUT2D eigenvalue weighted by Gasteiger charge is -2.35. The van der Waals surface area contributed by atoms with Gasteiger partial charge in [0.2, 0.25) is 5.91 Å². The number of para-hydroxylation sites is 1. The average molecular weight is 480 g/mol. The van der Waals surface area contributed by atoms with Gasteiger partial charge in [0.1, 0.15) is 5.75 Å². The summed E-state index contributed by atoms with van der Waals surface area (Å²) in [5.41, 5.74) is 4.32. The summed E-state index contributed by atoms with van der Waals surface area (Å²) in [4.78, 5) is 34.9. The molecule has 0 radical (unpaired) electrons. The number of rotatable bonds is 6. The molecule has 36 heavy (non-hydrogen) atoms. The van der Waals surface area contributed by atoms with E-state index in [9.17, 15) is 9.59 Å². The van der Waals surface area contributed by atoms with Crippen LogP contribution in [0.5, 0.6) is 5.75 Å². The Bertz CT molecular complexity index is 1360. The second-order valence-corrected chi connectivity index (χ2v) is 8.96. The largest absolute Gasteiger partial charge is 0.497 e. The van der Waals surface area contributed by atoms with E-state index in [1.807, 2.05) is 94.7 Å². The quantitative estimate of drug-likeness (QED) is 0.398. The van der Waals surface area contributed by atoms with E-state index in [2.05, 4.69) is 0 Å². The Labute approximate surface area is 211 Å². The molecular weight excluding hydrogens is 450 g/mol. The number of carbonyl (C=O) groups is 2. The molecule has 0 spiro atoms. The molecule has 4 aromatic rings. The maximum Gasteiger partial charge on any atom is 0.254 e. The number of ether oxygens (including phenoxy) is 1. The first-order chi connectivity index (χ1) is 17.6. The number of aryl methyl sites for hydroxylation is 1. The van der Waals surface area contributed by atoms with Crippen molar-refractivity contribution in [3.05, 3.63) is 96.1 Å². The molecule has 0 bridgehead atoms. The van der Waals surface area contributed by atoms with Crippen LogP contribution in [0.3, 0.4) is 0 Å². The van der Waals surface area contributed by atoms with E-state index in [1.165, 1.54) is 0 Å². The lowest BCUT2D eigenvalue weighted by molar-refractivity contribution is -0.132. The Morgan fingerprint density at radius 2 is 1.50 bits per heavy atom. The van der Waals surface area contributed by atoms with E-state index in [1.54, 1.807) is 7.11 Å². The molecule has 6 nitrogen and oxygen atoms in total. The number of fused-ring (bicyclic) bond motifs is 1. The predicted octanol–water partition coefficient (Wildman–Crippen LogP) is 4.83. The monoisotopic (exact) mass is 479 g/mol. The van der Waals surface area contributed by atoms with E-state index in [4.69, 9.17) is 9.72 Å². The molecule has 3 aromatic carbocycles. The normalized spacial score (nSPS) is 13.6. The Morgan fingerprint density at radius 1 is 0.833 bits per heavy atom. The van der Waals surface area contributed by atoms with Crippen LogP contribution in [-0.2, 0) is 11.2 Å². The van der Waals surface area contributed by atoms with Crippen molar-refractivity contribution in [2.45, 2.75) is 12.8 Å². The SMILES string of the molecule is COc1ccc(CCC(=O)N2CCN(C(=O)c3cc(-c4ccccc4)nc4ccccc34)CC2)cc1. The van der Waals surface area contributed by atoms with E-state index < -0.39 is 0 Å². The van der Waals surface area contributed by atoms with Gasteiger partial charge in [0.25, 0.3) is 5.91 Å². The van der Waals surface area contributed by atoms with Gasteiger partial charge in [-0.05, 0) is 36.2 Å². The molecule has 1 aliphatic heterocycles. The number of methoxy groups -OCH3 is 1. The maximum absolute atomic E-state index is 13.6. The second kappa shape index (κ2) is 10.6. The Kier molecular flexibility index (Phi) is 6.94. The van der Waals surface area contributed by atoms with Crippen LogP contribution in [0.2, 0.25) is 0 Å². The van der Waals surface area contributed by atoms with Gasteiger partial charge in [-0.25, -0.2) is 4.98 Å². The van der Waals surface area contributed by atoms with Gasteiger partial charge in [-0.2, -0.15) is 0 Å². The van der Waals surface area contributed by atoms with Crippen molar-refractivity contribution in [1.82, 2.24) is 14.8 Å². The van der Waals surface area contributed by atoms with Crippen LogP contribution in [0, 0.1) is 0 Å². The van der Waals surface area contributed by atoms with Crippen LogP contribution < -0.4 is 4.74 Å². The molecule has 0 atom stereocenters. The van der Waals surface area contributed by atoms with E-state index in [0.29, 0.717) is 44.6 Å². The molecule has 1 aromatic heterocycles. The van der Waals surface area contributed by atoms with Crippen molar-refractivity contribution in [2.75, 3.05) is 33.3 Å². The van der Waals surface area contributed by atoms with Crippen molar-refractivity contribution in [2.24, 2.45) is 0 Å². The molecule has 0 saturated carbocycles. The van der Waals surface area contributed by atoms with E-state index >= 15 is 0 Å². The van der Waals surface area contributed by atoms with Crippen molar-refractivity contribution in [3.63, 3.8) is 0 Å². The highest BCUT2D eigenvalue weighted by Gasteiger charge is 2.26. The topological polar surface area (TPSA) is 62.7 Å². The zero-order valence-corrected chi connectivity index (χ0v) is 20.4. The van der Waals surface area contributed by atoms with Gasteiger partial charge < -0.3 is 14.5 Å². The lowest BCUT2D eigenvalue weighted by Crippen LogP contribution is -2.50. The van der Waals surface area contributed by atoms with Gasteiger partial charge >= 0.3 is 0 Å². The lowest BCUT2D eigenvalue weighted by atomic mass is 10.0. The Morgan fingerprint density at radius 3 is 2.22 bits per heavy atom. The number of piperazine rings is 1. The molecule has 5 rings (SSSR count). The third-order valence-electron chi connectivity index (χ3n) is 6.72. The molecule has 1 fully saturated rings. The average Bonchev–Trinajstić information content (AvgIpc) is 2.95. The number of carbonyl (C=O) groups excluding carboxylic acids is 2. The van der Waals surface area contributed by atoms with Crippen molar-refractivity contribution >= 4 is 22.7 Å². The van der Waals surface area contributed by atoms with E-state index in [-0.39, 0.29) is 11.8 Å². The summed E-state index contributed by atoms with van der Waals surface area (Å²) < 4.78 is 5.19. The minimum atomic E-state index is -0.0175. The second-order valence-electron chi connectivity index (χ2n) is 8.96. The number of hydrogen-bond acceptors (Lipinski definition) is 4. The van der Waals surface area contributed by atoms with Gasteiger partial charge in [-0.3, -0.25) is 9.59 Å². The number of hydrogen-bond donors (Lipinski definition) is 0. The fourth-order valence-corrected chi connectivity index (χ4v) is 4.64. The summed E-state index contributed by atoms with van der Waals surface area (Å²) in [5.74, 6) is 0.915. The standard InChI is InChI=1S/C30H29N3O3/c1-36-24-14-11-22(12-15-24)13-16-29(34)32-17-19-33(20-18-32)30(35)26-21-28(23-7-3-2-4-8-23)31-27-10-6-5-9-25(26)27/h2-12,14-15,21H,13,16-20H2,1H3. The molecular formula is C30H29N3O3. The number of benzene rings is 3. The molecule has 2 amide bonds. The summed E-state index contributed by atoms with van der Waals surface area (Å²) in [6.07, 6.45) is 1.14. The number of pyridine rings is 1. The van der Waals surface area contributed by atoms with Gasteiger partial charge in [0.15, 0.2) is 0 Å².